The van der Waals surface area contributed by atoms with E-state index in [9.17, 15) is 4.79 Å². The first-order chi connectivity index (χ1) is 13.0. The van der Waals surface area contributed by atoms with Gasteiger partial charge in [0, 0.05) is 37.1 Å². The Labute approximate surface area is 163 Å². The average Bonchev–Trinajstić information content (AvgIpc) is 3.12. The van der Waals surface area contributed by atoms with Gasteiger partial charge < -0.3 is 20.0 Å². The molecule has 0 spiro atoms. The molecule has 0 unspecified atom stereocenters. The van der Waals surface area contributed by atoms with Crippen LogP contribution < -0.4 is 5.73 Å². The van der Waals surface area contributed by atoms with Gasteiger partial charge in [-0.1, -0.05) is 23.7 Å². The second-order valence-electron chi connectivity index (χ2n) is 6.97. The van der Waals surface area contributed by atoms with Gasteiger partial charge in [-0.05, 0) is 48.5 Å². The fourth-order valence-corrected chi connectivity index (χ4v) is 3.69. The van der Waals surface area contributed by atoms with Crippen molar-refractivity contribution in [2.75, 3.05) is 33.2 Å². The predicted molar refractivity (Wildman–Crippen MR) is 108 cm³/mol. The van der Waals surface area contributed by atoms with Crippen LogP contribution in [0.3, 0.4) is 0 Å². The molecular weight excluding hydrogens is 362 g/mol. The van der Waals surface area contributed by atoms with Gasteiger partial charge in [-0.25, -0.2) is 0 Å². The topological polar surface area (TPSA) is 62.7 Å². The number of rotatable bonds is 3. The maximum atomic E-state index is 12.7. The van der Waals surface area contributed by atoms with E-state index in [1.54, 1.807) is 0 Å². The van der Waals surface area contributed by atoms with Crippen molar-refractivity contribution in [3.05, 3.63) is 58.8 Å². The minimum absolute atomic E-state index is 0.0885. The highest BCUT2D eigenvalue weighted by atomic mass is 35.5. The largest absolute Gasteiger partial charge is 0.458 e. The maximum absolute atomic E-state index is 12.7. The van der Waals surface area contributed by atoms with Crippen molar-refractivity contribution < 1.29 is 9.21 Å². The number of benzene rings is 2. The lowest BCUT2D eigenvalue weighted by molar-refractivity contribution is 0.0664. The van der Waals surface area contributed by atoms with Crippen LogP contribution in [0.5, 0.6) is 0 Å². The number of carbonyl (C=O) groups excluding carboxylic acids is 1. The molecule has 0 bridgehead atoms. The molecule has 0 atom stereocenters. The van der Waals surface area contributed by atoms with Crippen LogP contribution in [0.1, 0.15) is 16.1 Å². The number of furan rings is 1. The van der Waals surface area contributed by atoms with E-state index in [1.165, 1.54) is 0 Å². The lowest BCUT2D eigenvalue weighted by atomic mass is 10.0. The summed E-state index contributed by atoms with van der Waals surface area (Å²) < 4.78 is 5.65. The van der Waals surface area contributed by atoms with Gasteiger partial charge in [0.1, 0.15) is 5.76 Å². The Morgan fingerprint density at radius 2 is 1.78 bits per heavy atom. The molecule has 0 saturated carbocycles. The zero-order chi connectivity index (χ0) is 19.0. The molecule has 1 saturated heterocycles. The summed E-state index contributed by atoms with van der Waals surface area (Å²) in [5, 5.41) is 1.48. The van der Waals surface area contributed by atoms with E-state index in [-0.39, 0.29) is 5.91 Å². The van der Waals surface area contributed by atoms with Gasteiger partial charge >= 0.3 is 0 Å². The average molecular weight is 384 g/mol. The van der Waals surface area contributed by atoms with Gasteiger partial charge in [-0.2, -0.15) is 0 Å². The number of fused-ring (bicyclic) bond motifs is 1. The first-order valence-electron chi connectivity index (χ1n) is 9.05. The van der Waals surface area contributed by atoms with Crippen LogP contribution in [-0.2, 0) is 6.54 Å². The Kier molecular flexibility index (Phi) is 4.91. The number of amides is 1. The van der Waals surface area contributed by atoms with Crippen molar-refractivity contribution in [2.45, 2.75) is 6.54 Å². The van der Waals surface area contributed by atoms with Gasteiger partial charge in [-0.15, -0.1) is 0 Å². The molecule has 0 aliphatic carbocycles. The normalized spacial score (nSPS) is 15.4. The molecule has 2 heterocycles. The molecule has 4 rings (SSSR count). The van der Waals surface area contributed by atoms with Crippen LogP contribution >= 0.6 is 11.6 Å². The number of carbonyl (C=O) groups is 1. The van der Waals surface area contributed by atoms with Gasteiger partial charge in [0.2, 0.25) is 0 Å². The highest BCUT2D eigenvalue weighted by Gasteiger charge is 2.20. The van der Waals surface area contributed by atoms with Crippen LogP contribution in [0.15, 0.2) is 46.9 Å². The second kappa shape index (κ2) is 7.35. The van der Waals surface area contributed by atoms with Crippen molar-refractivity contribution in [2.24, 2.45) is 5.73 Å². The standard InChI is InChI=1S/C21H22ClN3O2/c1-24-6-8-25(9-7-24)21(26)15-4-2-14(3-5-15)16-10-17-11-18(13-23)27-20(17)19(22)12-16/h2-5,10-12H,6-9,13,23H2,1H3. The molecule has 140 valence electrons. The van der Waals surface area contributed by atoms with E-state index >= 15 is 0 Å². The Balaban J connectivity index is 1.58. The summed E-state index contributed by atoms with van der Waals surface area (Å²) in [5.74, 6) is 0.794. The first kappa shape index (κ1) is 18.0. The molecule has 1 aliphatic heterocycles. The third-order valence-electron chi connectivity index (χ3n) is 5.08. The SMILES string of the molecule is CN1CCN(C(=O)c2ccc(-c3cc(Cl)c4oc(CN)cc4c3)cc2)CC1. The molecule has 2 aromatic carbocycles. The number of piperazine rings is 1. The quantitative estimate of drug-likeness (QED) is 0.750. The summed E-state index contributed by atoms with van der Waals surface area (Å²) in [5.41, 5.74) is 9.00. The smallest absolute Gasteiger partial charge is 0.253 e. The van der Waals surface area contributed by atoms with E-state index < -0.39 is 0 Å². The summed E-state index contributed by atoms with van der Waals surface area (Å²) in [7, 11) is 2.08. The van der Waals surface area contributed by atoms with Crippen molar-refractivity contribution in [1.29, 1.82) is 0 Å². The van der Waals surface area contributed by atoms with Crippen molar-refractivity contribution in [3.63, 3.8) is 0 Å². The Hall–Kier alpha value is -2.34. The molecule has 3 aromatic rings. The van der Waals surface area contributed by atoms with Gasteiger partial charge in [0.05, 0.1) is 11.6 Å². The van der Waals surface area contributed by atoms with Crippen molar-refractivity contribution in [3.8, 4) is 11.1 Å². The lowest BCUT2D eigenvalue weighted by Gasteiger charge is -2.32. The van der Waals surface area contributed by atoms with E-state index in [4.69, 9.17) is 21.8 Å². The minimum Gasteiger partial charge on any atom is -0.458 e. The van der Waals surface area contributed by atoms with Crippen molar-refractivity contribution in [1.82, 2.24) is 9.80 Å². The predicted octanol–water partition coefficient (Wildman–Crippen LogP) is 3.60. The molecular formula is C21H22ClN3O2. The van der Waals surface area contributed by atoms with Gasteiger partial charge in [0.15, 0.2) is 5.58 Å². The van der Waals surface area contributed by atoms with E-state index in [0.717, 1.165) is 42.7 Å². The van der Waals surface area contributed by atoms with Crippen molar-refractivity contribution >= 4 is 28.5 Å². The third-order valence-corrected chi connectivity index (χ3v) is 5.36. The molecule has 1 aliphatic rings. The molecule has 1 amide bonds. The van der Waals surface area contributed by atoms with Crippen LogP contribution in [0, 0.1) is 0 Å². The summed E-state index contributed by atoms with van der Waals surface area (Å²) in [6.45, 7) is 3.71. The third kappa shape index (κ3) is 3.58. The molecule has 1 fully saturated rings. The van der Waals surface area contributed by atoms with Gasteiger partial charge in [0.25, 0.3) is 5.91 Å². The molecule has 5 nitrogen and oxygen atoms in total. The first-order valence-corrected chi connectivity index (χ1v) is 9.43. The summed E-state index contributed by atoms with van der Waals surface area (Å²) in [6, 6.07) is 13.5. The second-order valence-corrected chi connectivity index (χ2v) is 7.37. The highest BCUT2D eigenvalue weighted by molar-refractivity contribution is 6.35. The molecule has 0 radical (unpaired) electrons. The number of halogens is 1. The highest BCUT2D eigenvalue weighted by Crippen LogP contribution is 2.33. The van der Waals surface area contributed by atoms with E-state index in [2.05, 4.69) is 11.9 Å². The van der Waals surface area contributed by atoms with Crippen LogP contribution in [-0.4, -0.2) is 48.9 Å². The Morgan fingerprint density at radius 3 is 2.44 bits per heavy atom. The molecule has 6 heteroatoms. The number of nitrogens with zero attached hydrogens (tertiary/aromatic N) is 2. The zero-order valence-electron chi connectivity index (χ0n) is 15.2. The maximum Gasteiger partial charge on any atom is 0.253 e. The van der Waals surface area contributed by atoms with Crippen LogP contribution in [0.4, 0.5) is 0 Å². The Bertz CT molecular complexity index is 973. The fourth-order valence-electron chi connectivity index (χ4n) is 3.43. The Morgan fingerprint density at radius 1 is 1.07 bits per heavy atom. The summed E-state index contributed by atoms with van der Waals surface area (Å²) in [6.07, 6.45) is 0. The molecule has 27 heavy (non-hydrogen) atoms. The molecule has 2 N–H and O–H groups in total. The minimum atomic E-state index is 0.0885. The zero-order valence-corrected chi connectivity index (χ0v) is 16.0. The number of likely N-dealkylation sites (N-methyl/N-ethyl adjacent to an activating group) is 1. The van der Waals surface area contributed by atoms with Crippen LogP contribution in [0.2, 0.25) is 5.02 Å². The van der Waals surface area contributed by atoms with E-state index in [0.29, 0.717) is 28.5 Å². The summed E-state index contributed by atoms with van der Waals surface area (Å²) in [4.78, 5) is 16.8. The molecule has 1 aromatic heterocycles. The number of hydrogen-bond donors (Lipinski definition) is 1. The van der Waals surface area contributed by atoms with E-state index in [1.807, 2.05) is 47.4 Å². The summed E-state index contributed by atoms with van der Waals surface area (Å²) >= 11 is 6.38. The monoisotopic (exact) mass is 383 g/mol. The fraction of sp³-hybridized carbons (Fsp3) is 0.286. The van der Waals surface area contributed by atoms with Gasteiger partial charge in [-0.3, -0.25) is 4.79 Å². The number of hydrogen-bond acceptors (Lipinski definition) is 4. The number of nitrogens with two attached hydrogens (primary N) is 1. The lowest BCUT2D eigenvalue weighted by Crippen LogP contribution is -2.47. The van der Waals surface area contributed by atoms with Crippen LogP contribution in [0.25, 0.3) is 22.1 Å².